The van der Waals surface area contributed by atoms with Crippen molar-refractivity contribution in [1.82, 2.24) is 0 Å². The quantitative estimate of drug-likeness (QED) is 0.903. The molecule has 1 aliphatic carbocycles. The Labute approximate surface area is 126 Å². The van der Waals surface area contributed by atoms with E-state index in [9.17, 15) is 5.11 Å². The van der Waals surface area contributed by atoms with Gasteiger partial charge in [0.25, 0.3) is 0 Å². The molecule has 0 radical (unpaired) electrons. The van der Waals surface area contributed by atoms with Gasteiger partial charge in [-0.1, -0.05) is 67.4 Å². The van der Waals surface area contributed by atoms with Crippen LogP contribution in [-0.2, 0) is 4.74 Å². The lowest BCUT2D eigenvalue weighted by Crippen LogP contribution is -2.35. The Kier molecular flexibility index (Phi) is 4.09. The monoisotopic (exact) mass is 282 g/mol. The fourth-order valence-corrected chi connectivity index (χ4v) is 3.35. The summed E-state index contributed by atoms with van der Waals surface area (Å²) in [5.74, 6) is 0. The summed E-state index contributed by atoms with van der Waals surface area (Å²) in [7, 11) is 1.72. The summed E-state index contributed by atoms with van der Waals surface area (Å²) >= 11 is 0. The second-order valence-corrected chi connectivity index (χ2v) is 5.87. The average molecular weight is 282 g/mol. The molecule has 1 saturated carbocycles. The van der Waals surface area contributed by atoms with Crippen molar-refractivity contribution >= 4 is 0 Å². The molecule has 0 spiro atoms. The van der Waals surface area contributed by atoms with Crippen LogP contribution in [0.2, 0.25) is 0 Å². The van der Waals surface area contributed by atoms with Crippen LogP contribution in [0, 0.1) is 0 Å². The second-order valence-electron chi connectivity index (χ2n) is 5.87. The van der Waals surface area contributed by atoms with E-state index in [-0.39, 0.29) is 0 Å². The Bertz CT molecular complexity index is 568. The van der Waals surface area contributed by atoms with E-state index in [0.717, 1.165) is 31.2 Å². The number of ether oxygens (including phenoxy) is 1. The first kappa shape index (κ1) is 14.3. The Morgan fingerprint density at radius 3 is 2.05 bits per heavy atom. The van der Waals surface area contributed by atoms with E-state index in [2.05, 4.69) is 24.3 Å². The summed E-state index contributed by atoms with van der Waals surface area (Å²) in [6.07, 6.45) is 3.59. The van der Waals surface area contributed by atoms with E-state index in [0.29, 0.717) is 0 Å². The van der Waals surface area contributed by atoms with Crippen molar-refractivity contribution < 1.29 is 9.84 Å². The first-order valence-corrected chi connectivity index (χ1v) is 7.64. The van der Waals surface area contributed by atoms with E-state index in [1.165, 1.54) is 11.1 Å². The van der Waals surface area contributed by atoms with Crippen LogP contribution in [-0.4, -0.2) is 17.8 Å². The summed E-state index contributed by atoms with van der Waals surface area (Å²) in [5.41, 5.74) is 2.91. The van der Waals surface area contributed by atoms with Gasteiger partial charge in [0.15, 0.2) is 0 Å². The summed E-state index contributed by atoms with van der Waals surface area (Å²) in [4.78, 5) is 0. The third-order valence-electron chi connectivity index (χ3n) is 4.69. The van der Waals surface area contributed by atoms with Crippen LogP contribution in [0.1, 0.15) is 37.4 Å². The SMILES string of the molecule is COC1(C(O)c2ccc(-c3ccccc3)cc2)CCCC1. The molecule has 110 valence electrons. The van der Waals surface area contributed by atoms with Crippen molar-refractivity contribution in [1.29, 1.82) is 0 Å². The molecule has 0 aromatic heterocycles. The zero-order valence-corrected chi connectivity index (χ0v) is 12.5. The van der Waals surface area contributed by atoms with E-state index in [4.69, 9.17) is 4.74 Å². The second kappa shape index (κ2) is 6.00. The summed E-state index contributed by atoms with van der Waals surface area (Å²) in [6.45, 7) is 0. The van der Waals surface area contributed by atoms with E-state index < -0.39 is 11.7 Å². The van der Waals surface area contributed by atoms with Gasteiger partial charge in [-0.25, -0.2) is 0 Å². The molecule has 1 aliphatic rings. The molecular weight excluding hydrogens is 260 g/mol. The summed E-state index contributed by atoms with van der Waals surface area (Å²) in [6, 6.07) is 18.5. The third kappa shape index (κ3) is 2.74. The molecule has 2 nitrogen and oxygen atoms in total. The lowest BCUT2D eigenvalue weighted by Gasteiger charge is -2.33. The molecule has 0 saturated heterocycles. The molecular formula is C19H22O2. The van der Waals surface area contributed by atoms with Gasteiger partial charge in [0.1, 0.15) is 6.10 Å². The maximum atomic E-state index is 10.7. The van der Waals surface area contributed by atoms with E-state index >= 15 is 0 Å². The fraction of sp³-hybridized carbons (Fsp3) is 0.368. The lowest BCUT2D eigenvalue weighted by atomic mass is 9.88. The maximum Gasteiger partial charge on any atom is 0.108 e. The van der Waals surface area contributed by atoms with Crippen molar-refractivity contribution in [2.24, 2.45) is 0 Å². The smallest absolute Gasteiger partial charge is 0.108 e. The van der Waals surface area contributed by atoms with Crippen molar-refractivity contribution in [3.8, 4) is 11.1 Å². The largest absolute Gasteiger partial charge is 0.385 e. The van der Waals surface area contributed by atoms with Crippen LogP contribution in [0.25, 0.3) is 11.1 Å². The molecule has 1 unspecified atom stereocenters. The normalized spacial score (nSPS) is 18.6. The van der Waals surface area contributed by atoms with Gasteiger partial charge in [-0.2, -0.15) is 0 Å². The van der Waals surface area contributed by atoms with Crippen LogP contribution < -0.4 is 0 Å². The van der Waals surface area contributed by atoms with Crippen molar-refractivity contribution in [3.05, 3.63) is 60.2 Å². The van der Waals surface area contributed by atoms with Crippen LogP contribution >= 0.6 is 0 Å². The Morgan fingerprint density at radius 1 is 0.905 bits per heavy atom. The molecule has 1 fully saturated rings. The van der Waals surface area contributed by atoms with E-state index in [1.54, 1.807) is 7.11 Å². The molecule has 2 heteroatoms. The highest BCUT2D eigenvalue weighted by atomic mass is 16.5. The predicted octanol–water partition coefficient (Wildman–Crippen LogP) is 4.35. The zero-order chi connectivity index (χ0) is 14.7. The van der Waals surface area contributed by atoms with Crippen LogP contribution in [0.15, 0.2) is 54.6 Å². The highest BCUT2D eigenvalue weighted by molar-refractivity contribution is 5.63. The number of hydrogen-bond donors (Lipinski definition) is 1. The molecule has 0 amide bonds. The third-order valence-corrected chi connectivity index (χ3v) is 4.69. The van der Waals surface area contributed by atoms with Crippen molar-refractivity contribution in [3.63, 3.8) is 0 Å². The Hall–Kier alpha value is -1.64. The van der Waals surface area contributed by atoms with Gasteiger partial charge in [0, 0.05) is 7.11 Å². The zero-order valence-electron chi connectivity index (χ0n) is 12.5. The molecule has 21 heavy (non-hydrogen) atoms. The summed E-state index contributed by atoms with van der Waals surface area (Å²) < 4.78 is 5.68. The molecule has 0 bridgehead atoms. The first-order valence-electron chi connectivity index (χ1n) is 7.64. The van der Waals surface area contributed by atoms with Gasteiger partial charge >= 0.3 is 0 Å². The molecule has 0 heterocycles. The van der Waals surface area contributed by atoms with Crippen molar-refractivity contribution in [2.45, 2.75) is 37.4 Å². The molecule has 2 aromatic carbocycles. The first-order chi connectivity index (χ1) is 10.2. The Morgan fingerprint density at radius 2 is 1.48 bits per heavy atom. The van der Waals surface area contributed by atoms with Gasteiger partial charge in [0.05, 0.1) is 5.60 Å². The topological polar surface area (TPSA) is 29.5 Å². The molecule has 1 N–H and O–H groups in total. The number of rotatable bonds is 4. The molecule has 3 rings (SSSR count). The predicted molar refractivity (Wildman–Crippen MR) is 85.0 cm³/mol. The number of methoxy groups -OCH3 is 1. The molecule has 0 aliphatic heterocycles. The maximum absolute atomic E-state index is 10.7. The minimum Gasteiger partial charge on any atom is -0.385 e. The van der Waals surface area contributed by atoms with Crippen LogP contribution in [0.3, 0.4) is 0 Å². The van der Waals surface area contributed by atoms with Gasteiger partial charge in [-0.15, -0.1) is 0 Å². The minimum atomic E-state index is -0.546. The molecule has 2 aromatic rings. The van der Waals surface area contributed by atoms with Crippen LogP contribution in [0.5, 0.6) is 0 Å². The highest BCUT2D eigenvalue weighted by Gasteiger charge is 2.41. The van der Waals surface area contributed by atoms with E-state index in [1.807, 2.05) is 30.3 Å². The summed E-state index contributed by atoms with van der Waals surface area (Å²) in [5, 5.41) is 10.7. The molecule has 1 atom stereocenters. The van der Waals surface area contributed by atoms with Crippen LogP contribution in [0.4, 0.5) is 0 Å². The number of aliphatic hydroxyl groups excluding tert-OH is 1. The minimum absolute atomic E-state index is 0.395. The van der Waals surface area contributed by atoms with Gasteiger partial charge in [-0.3, -0.25) is 0 Å². The average Bonchev–Trinajstić information content (AvgIpc) is 3.05. The van der Waals surface area contributed by atoms with Gasteiger partial charge in [-0.05, 0) is 29.5 Å². The van der Waals surface area contributed by atoms with Gasteiger partial charge < -0.3 is 9.84 Å². The lowest BCUT2D eigenvalue weighted by molar-refractivity contribution is -0.100. The highest BCUT2D eigenvalue weighted by Crippen LogP contribution is 2.42. The Balaban J connectivity index is 1.84. The van der Waals surface area contributed by atoms with Crippen molar-refractivity contribution in [2.75, 3.05) is 7.11 Å². The van der Waals surface area contributed by atoms with Gasteiger partial charge in [0.2, 0.25) is 0 Å². The standard InChI is InChI=1S/C19H22O2/c1-21-19(13-5-6-14-19)18(20)17-11-9-16(10-12-17)15-7-3-2-4-8-15/h2-4,7-12,18,20H,5-6,13-14H2,1H3. The number of benzene rings is 2. The number of aliphatic hydroxyl groups is 1. The fourth-order valence-electron chi connectivity index (χ4n) is 3.35. The number of hydrogen-bond acceptors (Lipinski definition) is 2.